The Morgan fingerprint density at radius 3 is 2.80 bits per heavy atom. The number of carbonyl (C=O) groups is 1. The minimum Gasteiger partial charge on any atom is -0.356 e. The zero-order chi connectivity index (χ0) is 17.8. The first-order chi connectivity index (χ1) is 12.1. The number of benzene rings is 1. The Bertz CT molecular complexity index is 947. The molecule has 1 aromatic carbocycles. The smallest absolute Gasteiger partial charge is 0.272 e. The lowest BCUT2D eigenvalue weighted by Gasteiger charge is -2.13. The molecule has 7 heteroatoms. The number of aromatic nitrogens is 3. The third-order valence-corrected chi connectivity index (χ3v) is 5.25. The Balaban J connectivity index is 1.64. The van der Waals surface area contributed by atoms with Gasteiger partial charge in [-0.3, -0.25) is 9.59 Å². The number of rotatable bonds is 6. The molecule has 0 saturated carbocycles. The number of H-pyrrole nitrogens is 1. The van der Waals surface area contributed by atoms with Crippen LogP contribution in [0.3, 0.4) is 0 Å². The summed E-state index contributed by atoms with van der Waals surface area (Å²) < 4.78 is 0. The molecule has 3 aromatic rings. The molecule has 0 radical (unpaired) electrons. The van der Waals surface area contributed by atoms with E-state index in [9.17, 15) is 9.59 Å². The lowest BCUT2D eigenvalue weighted by molar-refractivity contribution is -0.122. The number of aromatic amines is 1. The van der Waals surface area contributed by atoms with E-state index in [1.165, 1.54) is 4.88 Å². The first-order valence-corrected chi connectivity index (χ1v) is 9.10. The van der Waals surface area contributed by atoms with E-state index in [2.05, 4.69) is 20.5 Å². The van der Waals surface area contributed by atoms with Crippen LogP contribution in [0.2, 0.25) is 0 Å². The molecule has 2 heterocycles. The Kier molecular flexibility index (Phi) is 5.23. The molecule has 130 valence electrons. The number of nitrogens with zero attached hydrogens (tertiary/aromatic N) is 2. The highest BCUT2D eigenvalue weighted by Gasteiger charge is 2.20. The Morgan fingerprint density at radius 1 is 1.32 bits per heavy atom. The van der Waals surface area contributed by atoms with Crippen molar-refractivity contribution in [1.82, 2.24) is 20.5 Å². The van der Waals surface area contributed by atoms with Gasteiger partial charge in [-0.25, -0.2) is 10.1 Å². The summed E-state index contributed by atoms with van der Waals surface area (Å²) >= 11 is 1.65. The van der Waals surface area contributed by atoms with Gasteiger partial charge in [-0.05, 0) is 32.8 Å². The fourth-order valence-corrected chi connectivity index (χ4v) is 3.59. The summed E-state index contributed by atoms with van der Waals surface area (Å²) in [6.07, 6.45) is 1.77. The van der Waals surface area contributed by atoms with Crippen LogP contribution in [0.4, 0.5) is 0 Å². The number of nitrogens with one attached hydrogen (secondary N) is 2. The molecule has 0 aliphatic heterocycles. The molecule has 0 aliphatic rings. The van der Waals surface area contributed by atoms with Gasteiger partial charge in [-0.2, -0.15) is 5.10 Å². The molecule has 0 unspecified atom stereocenters. The molecular weight excluding hydrogens is 336 g/mol. The summed E-state index contributed by atoms with van der Waals surface area (Å²) in [4.78, 5) is 29.8. The average Bonchev–Trinajstić information content (AvgIpc) is 3.03. The van der Waals surface area contributed by atoms with Crippen LogP contribution >= 0.6 is 11.3 Å². The summed E-state index contributed by atoms with van der Waals surface area (Å²) in [5.41, 5.74) is 3.25. The number of hydrogen-bond donors (Lipinski definition) is 2. The van der Waals surface area contributed by atoms with E-state index in [4.69, 9.17) is 0 Å². The molecule has 0 fully saturated rings. The first kappa shape index (κ1) is 17.3. The molecule has 1 atom stereocenters. The van der Waals surface area contributed by atoms with E-state index in [0.717, 1.165) is 18.5 Å². The lowest BCUT2D eigenvalue weighted by Crippen LogP contribution is -2.30. The van der Waals surface area contributed by atoms with Crippen LogP contribution < -0.4 is 10.9 Å². The molecule has 6 nitrogen and oxygen atoms in total. The van der Waals surface area contributed by atoms with E-state index < -0.39 is 5.92 Å². The van der Waals surface area contributed by atoms with Gasteiger partial charge in [0.05, 0.1) is 28.2 Å². The number of amides is 1. The van der Waals surface area contributed by atoms with Gasteiger partial charge in [0.1, 0.15) is 0 Å². The van der Waals surface area contributed by atoms with E-state index in [-0.39, 0.29) is 11.5 Å². The Hall–Kier alpha value is -2.54. The predicted octanol–water partition coefficient (Wildman–Crippen LogP) is 2.54. The van der Waals surface area contributed by atoms with Gasteiger partial charge >= 0.3 is 0 Å². The van der Waals surface area contributed by atoms with Crippen LogP contribution in [-0.4, -0.2) is 27.6 Å². The Labute approximate surface area is 149 Å². The number of aryl methyl sites for hydroxylation is 2. The summed E-state index contributed by atoms with van der Waals surface area (Å²) in [6.45, 7) is 4.40. The second-order valence-corrected chi connectivity index (χ2v) is 6.90. The average molecular weight is 356 g/mol. The van der Waals surface area contributed by atoms with Crippen molar-refractivity contribution in [3.05, 3.63) is 56.4 Å². The molecule has 0 bridgehead atoms. The lowest BCUT2D eigenvalue weighted by atomic mass is 10.0. The largest absolute Gasteiger partial charge is 0.356 e. The topological polar surface area (TPSA) is 87.7 Å². The van der Waals surface area contributed by atoms with Crippen molar-refractivity contribution in [2.75, 3.05) is 6.54 Å². The van der Waals surface area contributed by atoms with E-state index >= 15 is 0 Å². The maximum atomic E-state index is 12.4. The van der Waals surface area contributed by atoms with Crippen molar-refractivity contribution >= 4 is 28.0 Å². The monoisotopic (exact) mass is 356 g/mol. The fraction of sp³-hybridized carbons (Fsp3) is 0.333. The number of carbonyl (C=O) groups excluding carboxylic acids is 1. The fourth-order valence-electron chi connectivity index (χ4n) is 2.77. The van der Waals surface area contributed by atoms with Gasteiger partial charge in [0, 0.05) is 16.8 Å². The number of fused-ring (bicyclic) bond motifs is 1. The molecule has 0 saturated heterocycles. The van der Waals surface area contributed by atoms with Gasteiger partial charge in [0.25, 0.3) is 5.56 Å². The van der Waals surface area contributed by atoms with Crippen LogP contribution in [0.5, 0.6) is 0 Å². The second-order valence-electron chi connectivity index (χ2n) is 5.96. The van der Waals surface area contributed by atoms with Crippen LogP contribution in [0.1, 0.15) is 35.5 Å². The maximum absolute atomic E-state index is 12.4. The molecular formula is C18H20N4O2S. The van der Waals surface area contributed by atoms with Crippen molar-refractivity contribution in [3.63, 3.8) is 0 Å². The molecule has 2 aromatic heterocycles. The van der Waals surface area contributed by atoms with E-state index in [1.54, 1.807) is 30.4 Å². The summed E-state index contributed by atoms with van der Waals surface area (Å²) in [6, 6.07) is 7.20. The normalized spacial score (nSPS) is 12.2. The quantitative estimate of drug-likeness (QED) is 0.665. The zero-order valence-electron chi connectivity index (χ0n) is 14.2. The Morgan fingerprint density at radius 2 is 2.08 bits per heavy atom. The number of hydrogen-bond acceptors (Lipinski definition) is 5. The first-order valence-electron chi connectivity index (χ1n) is 8.22. The van der Waals surface area contributed by atoms with Crippen LogP contribution in [0.25, 0.3) is 10.8 Å². The van der Waals surface area contributed by atoms with Gasteiger partial charge in [0.2, 0.25) is 5.91 Å². The van der Waals surface area contributed by atoms with Gasteiger partial charge in [0.15, 0.2) is 0 Å². The van der Waals surface area contributed by atoms with Gasteiger partial charge in [-0.15, -0.1) is 11.3 Å². The van der Waals surface area contributed by atoms with Gasteiger partial charge < -0.3 is 5.32 Å². The minimum absolute atomic E-state index is 0.0919. The van der Waals surface area contributed by atoms with E-state index in [1.807, 2.05) is 24.6 Å². The van der Waals surface area contributed by atoms with Crippen molar-refractivity contribution in [2.45, 2.75) is 32.6 Å². The molecule has 1 amide bonds. The number of thiazole rings is 1. The second kappa shape index (κ2) is 7.57. The van der Waals surface area contributed by atoms with E-state index in [0.29, 0.717) is 23.0 Å². The minimum atomic E-state index is -0.438. The highest BCUT2D eigenvalue weighted by molar-refractivity contribution is 7.09. The highest BCUT2D eigenvalue weighted by atomic mass is 32.1. The standard InChI is InChI=1S/C18H20N4O2S/c1-11(16-13-6-3-4-7-14(13)18(24)22-21-16)17(23)19-9-5-8-15-12(2)20-10-25-15/h3-4,6-7,10-11H,5,8-9H2,1-2H3,(H,19,23)(H,22,24)/t11-/m0/s1. The highest BCUT2D eigenvalue weighted by Crippen LogP contribution is 2.21. The van der Waals surface area contributed by atoms with Crippen LogP contribution in [-0.2, 0) is 11.2 Å². The third-order valence-electron chi connectivity index (χ3n) is 4.25. The van der Waals surface area contributed by atoms with Gasteiger partial charge in [-0.1, -0.05) is 18.2 Å². The maximum Gasteiger partial charge on any atom is 0.272 e. The predicted molar refractivity (Wildman–Crippen MR) is 99.0 cm³/mol. The molecule has 25 heavy (non-hydrogen) atoms. The van der Waals surface area contributed by atoms with Crippen molar-refractivity contribution in [2.24, 2.45) is 0 Å². The van der Waals surface area contributed by atoms with Crippen molar-refractivity contribution in [3.8, 4) is 0 Å². The zero-order valence-corrected chi connectivity index (χ0v) is 15.0. The summed E-state index contributed by atoms with van der Waals surface area (Å²) in [5.74, 6) is -0.530. The third kappa shape index (κ3) is 3.76. The van der Waals surface area contributed by atoms with Crippen molar-refractivity contribution < 1.29 is 4.79 Å². The molecule has 2 N–H and O–H groups in total. The molecule has 0 spiro atoms. The summed E-state index contributed by atoms with van der Waals surface area (Å²) in [5, 5.41) is 10.8. The summed E-state index contributed by atoms with van der Waals surface area (Å²) in [7, 11) is 0. The SMILES string of the molecule is Cc1ncsc1CCCNC(=O)[C@@H](C)c1n[nH]c(=O)c2ccccc12. The van der Waals surface area contributed by atoms with Crippen molar-refractivity contribution in [1.29, 1.82) is 0 Å². The van der Waals surface area contributed by atoms with Crippen LogP contribution in [0, 0.1) is 6.92 Å². The van der Waals surface area contributed by atoms with Crippen LogP contribution in [0.15, 0.2) is 34.6 Å². The molecule has 0 aliphatic carbocycles. The molecule has 3 rings (SSSR count).